The van der Waals surface area contributed by atoms with Gasteiger partial charge in [-0.05, 0) is 23.6 Å². The first kappa shape index (κ1) is 11.5. The lowest BCUT2D eigenvalue weighted by atomic mass is 10.2. The molecular weight excluding hydrogens is 268 g/mol. The first-order valence-corrected chi connectivity index (χ1v) is 6.17. The molecule has 4 heteroatoms. The minimum atomic E-state index is 0.247. The number of benzene rings is 1. The van der Waals surface area contributed by atoms with Crippen molar-refractivity contribution in [1.82, 2.24) is 4.90 Å². The van der Waals surface area contributed by atoms with E-state index in [0.29, 0.717) is 18.9 Å². The largest absolute Gasteiger partial charge is 0.399 e. The number of hydrogen-bond acceptors (Lipinski definition) is 2. The SMILES string of the molecule is CC1CC(=O)N(Cc2ccc(N)cc2Br)C1. The van der Waals surface area contributed by atoms with Crippen LogP contribution in [0.3, 0.4) is 0 Å². The van der Waals surface area contributed by atoms with Crippen LogP contribution < -0.4 is 5.73 Å². The summed E-state index contributed by atoms with van der Waals surface area (Å²) in [6.45, 7) is 3.63. The van der Waals surface area contributed by atoms with Crippen LogP contribution in [0.4, 0.5) is 5.69 Å². The second-order valence-electron chi connectivity index (χ2n) is 4.43. The van der Waals surface area contributed by atoms with E-state index in [9.17, 15) is 4.79 Å². The summed E-state index contributed by atoms with van der Waals surface area (Å²) >= 11 is 3.47. The summed E-state index contributed by atoms with van der Waals surface area (Å²) in [7, 11) is 0. The number of rotatable bonds is 2. The number of carbonyl (C=O) groups excluding carboxylic acids is 1. The Kier molecular flexibility index (Phi) is 3.19. The molecule has 86 valence electrons. The first-order chi connectivity index (χ1) is 7.56. The molecule has 3 nitrogen and oxygen atoms in total. The van der Waals surface area contributed by atoms with Crippen LogP contribution >= 0.6 is 15.9 Å². The van der Waals surface area contributed by atoms with E-state index in [1.807, 2.05) is 23.1 Å². The third kappa shape index (κ3) is 2.38. The third-order valence-electron chi connectivity index (χ3n) is 2.85. The van der Waals surface area contributed by atoms with Gasteiger partial charge < -0.3 is 10.6 Å². The van der Waals surface area contributed by atoms with Gasteiger partial charge in [-0.3, -0.25) is 4.79 Å². The summed E-state index contributed by atoms with van der Waals surface area (Å²) in [5.74, 6) is 0.719. The molecule has 1 aromatic rings. The highest BCUT2D eigenvalue weighted by atomic mass is 79.9. The van der Waals surface area contributed by atoms with Crippen molar-refractivity contribution in [1.29, 1.82) is 0 Å². The van der Waals surface area contributed by atoms with Gasteiger partial charge in [-0.15, -0.1) is 0 Å². The highest BCUT2D eigenvalue weighted by molar-refractivity contribution is 9.10. The maximum Gasteiger partial charge on any atom is 0.223 e. The summed E-state index contributed by atoms with van der Waals surface area (Å²) in [4.78, 5) is 13.6. The minimum absolute atomic E-state index is 0.247. The lowest BCUT2D eigenvalue weighted by molar-refractivity contribution is -0.128. The van der Waals surface area contributed by atoms with Crippen LogP contribution in [-0.2, 0) is 11.3 Å². The molecule has 0 bridgehead atoms. The van der Waals surface area contributed by atoms with Gasteiger partial charge in [0.1, 0.15) is 0 Å². The second kappa shape index (κ2) is 4.45. The van der Waals surface area contributed by atoms with Crippen molar-refractivity contribution in [2.45, 2.75) is 19.9 Å². The molecule has 1 heterocycles. The van der Waals surface area contributed by atoms with Crippen LogP contribution in [0.1, 0.15) is 18.9 Å². The number of anilines is 1. The molecule has 0 saturated carbocycles. The van der Waals surface area contributed by atoms with Crippen molar-refractivity contribution in [3.8, 4) is 0 Å². The molecule has 1 atom stereocenters. The predicted molar refractivity (Wildman–Crippen MR) is 67.8 cm³/mol. The number of likely N-dealkylation sites (tertiary alicyclic amines) is 1. The van der Waals surface area contributed by atoms with Crippen LogP contribution in [0.5, 0.6) is 0 Å². The zero-order valence-corrected chi connectivity index (χ0v) is 10.8. The van der Waals surface area contributed by atoms with Crippen molar-refractivity contribution < 1.29 is 4.79 Å². The Morgan fingerprint density at radius 2 is 2.31 bits per heavy atom. The average Bonchev–Trinajstić information content (AvgIpc) is 2.50. The third-order valence-corrected chi connectivity index (χ3v) is 3.58. The summed E-state index contributed by atoms with van der Waals surface area (Å²) < 4.78 is 0.972. The topological polar surface area (TPSA) is 46.3 Å². The van der Waals surface area contributed by atoms with Crippen molar-refractivity contribution in [3.05, 3.63) is 28.2 Å². The van der Waals surface area contributed by atoms with E-state index in [-0.39, 0.29) is 5.91 Å². The van der Waals surface area contributed by atoms with Gasteiger partial charge in [0, 0.05) is 29.7 Å². The van der Waals surface area contributed by atoms with Crippen LogP contribution in [0.2, 0.25) is 0 Å². The van der Waals surface area contributed by atoms with Crippen molar-refractivity contribution in [2.75, 3.05) is 12.3 Å². The Morgan fingerprint density at radius 1 is 1.56 bits per heavy atom. The maximum absolute atomic E-state index is 11.7. The molecule has 1 fully saturated rings. The zero-order valence-electron chi connectivity index (χ0n) is 9.24. The van der Waals surface area contributed by atoms with E-state index < -0.39 is 0 Å². The van der Waals surface area contributed by atoms with Crippen LogP contribution in [0.15, 0.2) is 22.7 Å². The number of amides is 1. The molecule has 1 amide bonds. The molecule has 0 aliphatic carbocycles. The minimum Gasteiger partial charge on any atom is -0.399 e. The van der Waals surface area contributed by atoms with Crippen LogP contribution in [0.25, 0.3) is 0 Å². The fourth-order valence-electron chi connectivity index (χ4n) is 2.02. The Morgan fingerprint density at radius 3 is 2.88 bits per heavy atom. The van der Waals surface area contributed by atoms with Gasteiger partial charge in [-0.1, -0.05) is 28.9 Å². The monoisotopic (exact) mass is 282 g/mol. The molecule has 1 aromatic carbocycles. The summed E-state index contributed by atoms with van der Waals surface area (Å²) in [6, 6.07) is 5.71. The summed E-state index contributed by atoms with van der Waals surface area (Å²) in [6.07, 6.45) is 0.673. The maximum atomic E-state index is 11.7. The van der Waals surface area contributed by atoms with E-state index in [0.717, 1.165) is 22.3 Å². The molecule has 1 unspecified atom stereocenters. The molecule has 2 N–H and O–H groups in total. The number of nitrogens with zero attached hydrogens (tertiary/aromatic N) is 1. The number of nitrogens with two attached hydrogens (primary N) is 1. The van der Waals surface area contributed by atoms with Crippen molar-refractivity contribution >= 4 is 27.5 Å². The van der Waals surface area contributed by atoms with Crippen molar-refractivity contribution in [3.63, 3.8) is 0 Å². The van der Waals surface area contributed by atoms with Crippen LogP contribution in [0, 0.1) is 5.92 Å². The number of halogens is 1. The molecule has 16 heavy (non-hydrogen) atoms. The highest BCUT2D eigenvalue weighted by Crippen LogP contribution is 2.24. The number of carbonyl (C=O) groups is 1. The van der Waals surface area contributed by atoms with Gasteiger partial charge in [-0.25, -0.2) is 0 Å². The van der Waals surface area contributed by atoms with E-state index in [4.69, 9.17) is 5.73 Å². The Hall–Kier alpha value is -1.03. The molecular formula is C12H15BrN2O. The quantitative estimate of drug-likeness (QED) is 0.847. The summed E-state index contributed by atoms with van der Waals surface area (Å²) in [5, 5.41) is 0. The zero-order chi connectivity index (χ0) is 11.7. The average molecular weight is 283 g/mol. The first-order valence-electron chi connectivity index (χ1n) is 5.38. The van der Waals surface area contributed by atoms with Gasteiger partial charge in [0.15, 0.2) is 0 Å². The normalized spacial score (nSPS) is 20.5. The number of nitrogen functional groups attached to an aromatic ring is 1. The van der Waals surface area contributed by atoms with Gasteiger partial charge in [-0.2, -0.15) is 0 Å². The molecule has 0 spiro atoms. The molecule has 0 radical (unpaired) electrons. The van der Waals surface area contributed by atoms with Gasteiger partial charge in [0.25, 0.3) is 0 Å². The van der Waals surface area contributed by atoms with Crippen molar-refractivity contribution in [2.24, 2.45) is 5.92 Å². The predicted octanol–water partition coefficient (Wildman–Crippen LogP) is 2.40. The van der Waals surface area contributed by atoms with E-state index >= 15 is 0 Å². The fraction of sp³-hybridized carbons (Fsp3) is 0.417. The van der Waals surface area contributed by atoms with Gasteiger partial charge in [0.2, 0.25) is 5.91 Å². The van der Waals surface area contributed by atoms with E-state index in [2.05, 4.69) is 22.9 Å². The van der Waals surface area contributed by atoms with E-state index in [1.165, 1.54) is 0 Å². The Labute approximate surface area is 104 Å². The second-order valence-corrected chi connectivity index (χ2v) is 5.29. The molecule has 1 aliphatic heterocycles. The Bertz CT molecular complexity index is 419. The standard InChI is InChI=1S/C12H15BrN2O/c1-8-4-12(16)15(6-8)7-9-2-3-10(14)5-11(9)13/h2-3,5,8H,4,6-7,14H2,1H3. The smallest absolute Gasteiger partial charge is 0.223 e. The Balaban J connectivity index is 2.12. The molecule has 1 saturated heterocycles. The van der Waals surface area contributed by atoms with Crippen LogP contribution in [-0.4, -0.2) is 17.4 Å². The molecule has 0 aromatic heterocycles. The lowest BCUT2D eigenvalue weighted by Crippen LogP contribution is -2.24. The fourth-order valence-corrected chi connectivity index (χ4v) is 2.54. The van der Waals surface area contributed by atoms with Gasteiger partial charge in [0.05, 0.1) is 0 Å². The summed E-state index contributed by atoms with van der Waals surface area (Å²) in [5.41, 5.74) is 7.52. The molecule has 2 rings (SSSR count). The van der Waals surface area contributed by atoms with Gasteiger partial charge >= 0.3 is 0 Å². The molecule has 1 aliphatic rings. The number of hydrogen-bond donors (Lipinski definition) is 1. The lowest BCUT2D eigenvalue weighted by Gasteiger charge is -2.17. The highest BCUT2D eigenvalue weighted by Gasteiger charge is 2.26. The van der Waals surface area contributed by atoms with E-state index in [1.54, 1.807) is 0 Å².